The minimum atomic E-state index is -0.169. The number of carbonyl (C=O) groups is 1. The lowest BCUT2D eigenvalue weighted by molar-refractivity contribution is 0.0753. The molecule has 1 saturated heterocycles. The van der Waals surface area contributed by atoms with Gasteiger partial charge in [-0.1, -0.05) is 0 Å². The van der Waals surface area contributed by atoms with Crippen molar-refractivity contribution in [3.63, 3.8) is 0 Å². The lowest BCUT2D eigenvalue weighted by atomic mass is 10.00. The van der Waals surface area contributed by atoms with Crippen LogP contribution >= 0.6 is 0 Å². The second-order valence-electron chi connectivity index (χ2n) is 8.36. The monoisotopic (exact) mass is 397 g/mol. The highest BCUT2D eigenvalue weighted by molar-refractivity contribution is 5.95. The Morgan fingerprint density at radius 1 is 1.14 bits per heavy atom. The third kappa shape index (κ3) is 3.50. The van der Waals surface area contributed by atoms with Crippen LogP contribution in [-0.2, 0) is 17.7 Å². The molecule has 0 unspecified atom stereocenters. The van der Waals surface area contributed by atoms with E-state index in [9.17, 15) is 9.59 Å². The zero-order valence-corrected chi connectivity index (χ0v) is 16.8. The zero-order valence-electron chi connectivity index (χ0n) is 16.8. The maximum atomic E-state index is 13.2. The van der Waals surface area contributed by atoms with Crippen LogP contribution in [0.25, 0.3) is 0 Å². The van der Waals surface area contributed by atoms with Crippen LogP contribution in [-0.4, -0.2) is 56.4 Å². The summed E-state index contributed by atoms with van der Waals surface area (Å²) in [4.78, 5) is 32.7. The van der Waals surface area contributed by atoms with Crippen LogP contribution in [0.2, 0.25) is 0 Å². The Bertz CT molecular complexity index is 959. The molecule has 2 fully saturated rings. The quantitative estimate of drug-likeness (QED) is 0.787. The summed E-state index contributed by atoms with van der Waals surface area (Å²) in [5.41, 5.74) is 0.910. The molecular weight excluding hydrogens is 370 g/mol. The van der Waals surface area contributed by atoms with E-state index in [-0.39, 0.29) is 17.5 Å². The molecule has 8 heteroatoms. The van der Waals surface area contributed by atoms with Crippen LogP contribution in [0.3, 0.4) is 0 Å². The first-order chi connectivity index (χ1) is 14.1. The number of aromatic nitrogens is 4. The molecule has 8 nitrogen and oxygen atoms in total. The second kappa shape index (κ2) is 7.40. The van der Waals surface area contributed by atoms with Crippen molar-refractivity contribution in [2.24, 2.45) is 0 Å². The van der Waals surface area contributed by atoms with Gasteiger partial charge in [0.15, 0.2) is 5.82 Å². The Labute approximate surface area is 169 Å². The summed E-state index contributed by atoms with van der Waals surface area (Å²) in [6.07, 6.45) is 6.45. The molecule has 1 amide bonds. The highest BCUT2D eigenvalue weighted by atomic mass is 16.5. The molecule has 0 spiro atoms. The highest BCUT2D eigenvalue weighted by Gasteiger charge is 2.30. The van der Waals surface area contributed by atoms with Crippen LogP contribution < -0.4 is 5.56 Å². The predicted molar refractivity (Wildman–Crippen MR) is 106 cm³/mol. The molecule has 4 heterocycles. The second-order valence-corrected chi connectivity index (χ2v) is 8.36. The number of ether oxygens (including phenoxy) is 1. The lowest BCUT2D eigenvalue weighted by Crippen LogP contribution is -2.39. The molecule has 3 aliphatic rings. The number of carbonyl (C=O) groups excluding carboxylic acids is 1. The van der Waals surface area contributed by atoms with Crippen LogP contribution in [0.1, 0.15) is 65.2 Å². The Hall–Kier alpha value is -2.48. The maximum Gasteiger partial charge on any atom is 0.263 e. The highest BCUT2D eigenvalue weighted by Crippen LogP contribution is 2.33. The minimum Gasteiger partial charge on any atom is -0.381 e. The van der Waals surface area contributed by atoms with E-state index in [1.807, 2.05) is 23.9 Å². The molecule has 1 saturated carbocycles. The Morgan fingerprint density at radius 2 is 1.93 bits per heavy atom. The molecule has 0 atom stereocenters. The fraction of sp³-hybridized carbons (Fsp3) is 0.619. The van der Waals surface area contributed by atoms with Gasteiger partial charge in [-0.3, -0.25) is 9.59 Å². The number of pyridine rings is 1. The zero-order chi connectivity index (χ0) is 20.0. The van der Waals surface area contributed by atoms with Crippen molar-refractivity contribution in [3.05, 3.63) is 45.4 Å². The Kier molecular flexibility index (Phi) is 4.73. The fourth-order valence-electron chi connectivity index (χ4n) is 4.35. The first-order valence-corrected chi connectivity index (χ1v) is 10.6. The van der Waals surface area contributed by atoms with E-state index in [2.05, 4.69) is 0 Å². The van der Waals surface area contributed by atoms with Gasteiger partial charge in [-0.25, -0.2) is 9.67 Å². The standard InChI is InChI=1S/C21H27N5O3/c1-14-4-9-25(16-2-3-16)21(28)18(14)20(27)24-8-5-17-22-19(23-26(17)11-10-24)15-6-12-29-13-7-15/h4,9,15-16H,2-3,5-8,10-13H2,1H3. The number of aryl methyl sites for hydroxylation is 1. The van der Waals surface area contributed by atoms with Gasteiger partial charge in [0.2, 0.25) is 0 Å². The van der Waals surface area contributed by atoms with E-state index in [1.54, 1.807) is 9.47 Å². The van der Waals surface area contributed by atoms with Gasteiger partial charge in [-0.05, 0) is 44.2 Å². The normalized spacial score (nSPS) is 20.4. The van der Waals surface area contributed by atoms with Crippen LogP contribution in [0.5, 0.6) is 0 Å². The molecule has 0 radical (unpaired) electrons. The Morgan fingerprint density at radius 3 is 2.69 bits per heavy atom. The van der Waals surface area contributed by atoms with Crippen molar-refractivity contribution in [1.29, 1.82) is 0 Å². The summed E-state index contributed by atoms with van der Waals surface area (Å²) in [5.74, 6) is 2.04. The minimum absolute atomic E-state index is 0.153. The van der Waals surface area contributed by atoms with Crippen molar-refractivity contribution < 1.29 is 9.53 Å². The van der Waals surface area contributed by atoms with E-state index >= 15 is 0 Å². The topological polar surface area (TPSA) is 82.2 Å². The first-order valence-electron chi connectivity index (χ1n) is 10.6. The van der Waals surface area contributed by atoms with E-state index in [0.717, 1.165) is 56.1 Å². The molecule has 1 aliphatic carbocycles. The number of nitrogens with zero attached hydrogens (tertiary/aromatic N) is 5. The molecule has 2 aromatic heterocycles. The Balaban J connectivity index is 1.33. The lowest BCUT2D eigenvalue weighted by Gasteiger charge is -2.21. The van der Waals surface area contributed by atoms with Gasteiger partial charge in [0.05, 0.1) is 6.54 Å². The molecule has 0 aromatic carbocycles. The van der Waals surface area contributed by atoms with Gasteiger partial charge in [0.1, 0.15) is 11.4 Å². The molecule has 0 bridgehead atoms. The van der Waals surface area contributed by atoms with Crippen molar-refractivity contribution in [2.45, 2.75) is 57.5 Å². The van der Waals surface area contributed by atoms with Gasteiger partial charge in [-0.15, -0.1) is 0 Å². The number of hydrogen-bond donors (Lipinski definition) is 0. The van der Waals surface area contributed by atoms with Crippen molar-refractivity contribution in [1.82, 2.24) is 24.2 Å². The number of fused-ring (bicyclic) bond motifs is 1. The van der Waals surface area contributed by atoms with Gasteiger partial charge in [-0.2, -0.15) is 5.10 Å². The summed E-state index contributed by atoms with van der Waals surface area (Å²) < 4.78 is 9.11. The third-order valence-electron chi connectivity index (χ3n) is 6.31. The molecule has 2 aliphatic heterocycles. The largest absolute Gasteiger partial charge is 0.381 e. The van der Waals surface area contributed by atoms with E-state index < -0.39 is 0 Å². The molecule has 5 rings (SSSR count). The van der Waals surface area contributed by atoms with Gasteiger partial charge in [0.25, 0.3) is 11.5 Å². The SMILES string of the molecule is Cc1ccn(C2CC2)c(=O)c1C(=O)N1CCc2nc(C3CCOCC3)nn2CC1. The number of hydrogen-bond acceptors (Lipinski definition) is 5. The average molecular weight is 397 g/mol. The van der Waals surface area contributed by atoms with Crippen molar-refractivity contribution >= 4 is 5.91 Å². The molecular formula is C21H27N5O3. The summed E-state index contributed by atoms with van der Waals surface area (Å²) in [7, 11) is 0. The fourth-order valence-corrected chi connectivity index (χ4v) is 4.35. The van der Waals surface area contributed by atoms with Gasteiger partial charge >= 0.3 is 0 Å². The summed E-state index contributed by atoms with van der Waals surface area (Å²) in [6.45, 7) is 5.09. The molecule has 154 valence electrons. The van der Waals surface area contributed by atoms with E-state index in [0.29, 0.717) is 37.5 Å². The van der Waals surface area contributed by atoms with Crippen LogP contribution in [0.4, 0.5) is 0 Å². The van der Waals surface area contributed by atoms with Crippen molar-refractivity contribution in [2.75, 3.05) is 26.3 Å². The number of amides is 1. The summed E-state index contributed by atoms with van der Waals surface area (Å²) in [5, 5.41) is 4.73. The predicted octanol–water partition coefficient (Wildman–Crippen LogP) is 1.68. The average Bonchev–Trinajstić information content (AvgIpc) is 3.52. The number of rotatable bonds is 3. The van der Waals surface area contributed by atoms with Crippen molar-refractivity contribution in [3.8, 4) is 0 Å². The van der Waals surface area contributed by atoms with E-state index in [1.165, 1.54) is 0 Å². The van der Waals surface area contributed by atoms with Gasteiger partial charge in [0, 0.05) is 50.9 Å². The molecule has 2 aromatic rings. The van der Waals surface area contributed by atoms with Crippen LogP contribution in [0.15, 0.2) is 17.1 Å². The van der Waals surface area contributed by atoms with E-state index in [4.69, 9.17) is 14.8 Å². The summed E-state index contributed by atoms with van der Waals surface area (Å²) >= 11 is 0. The maximum absolute atomic E-state index is 13.2. The first kappa shape index (κ1) is 18.5. The third-order valence-corrected chi connectivity index (χ3v) is 6.31. The smallest absolute Gasteiger partial charge is 0.263 e. The van der Waals surface area contributed by atoms with Crippen LogP contribution in [0, 0.1) is 6.92 Å². The molecule has 0 N–H and O–H groups in total. The van der Waals surface area contributed by atoms with Gasteiger partial charge < -0.3 is 14.2 Å². The molecule has 29 heavy (non-hydrogen) atoms. The summed E-state index contributed by atoms with van der Waals surface area (Å²) in [6, 6.07) is 2.15.